The Labute approximate surface area is 203 Å². The molecule has 2 aromatic carbocycles. The predicted molar refractivity (Wildman–Crippen MR) is 134 cm³/mol. The maximum Gasteiger partial charge on any atom is 0.268 e. The Bertz CT molecular complexity index is 1230. The van der Waals surface area contributed by atoms with Gasteiger partial charge in [0, 0.05) is 28.5 Å². The number of thiophene rings is 1. The molecule has 0 aliphatic carbocycles. The molecule has 0 fully saturated rings. The molecule has 0 saturated heterocycles. The molecule has 0 spiro atoms. The van der Waals surface area contributed by atoms with Crippen LogP contribution in [0.3, 0.4) is 0 Å². The van der Waals surface area contributed by atoms with E-state index in [1.807, 2.05) is 68.6 Å². The smallest absolute Gasteiger partial charge is 0.268 e. The zero-order valence-electron chi connectivity index (χ0n) is 19.7. The number of amides is 2. The van der Waals surface area contributed by atoms with Gasteiger partial charge in [-0.15, -0.1) is 11.3 Å². The Morgan fingerprint density at radius 1 is 1.15 bits per heavy atom. The molecule has 7 heteroatoms. The second kappa shape index (κ2) is 9.73. The minimum atomic E-state index is -0.486. The van der Waals surface area contributed by atoms with Crippen molar-refractivity contribution >= 4 is 29.2 Å². The normalized spacial score (nSPS) is 16.7. The van der Waals surface area contributed by atoms with E-state index in [0.29, 0.717) is 23.5 Å². The van der Waals surface area contributed by atoms with Crippen LogP contribution in [-0.4, -0.2) is 24.5 Å². The van der Waals surface area contributed by atoms with E-state index in [0.717, 1.165) is 16.0 Å². The van der Waals surface area contributed by atoms with E-state index in [2.05, 4.69) is 10.6 Å². The molecule has 4 rings (SSSR count). The summed E-state index contributed by atoms with van der Waals surface area (Å²) >= 11 is 1.49. The molecular weight excluding hydrogens is 448 g/mol. The third-order valence-corrected chi connectivity index (χ3v) is 6.41. The Balaban J connectivity index is 1.62. The Kier molecular flexibility index (Phi) is 6.75. The molecule has 34 heavy (non-hydrogen) atoms. The van der Waals surface area contributed by atoms with Gasteiger partial charge in [0.25, 0.3) is 11.8 Å². The van der Waals surface area contributed by atoms with Gasteiger partial charge >= 0.3 is 0 Å². The standard InChI is InChI=1S/C27H28N2O4S/c1-17-7-5-8-18(13-17)25(30)28-22(15-20-9-6-12-34-20)26(31)29-23-16-27(2,3)33-24-14-19(32-4)10-11-21(23)24/h5-15,23H,16H2,1-4H3,(H,28,30)(H,29,31)/b22-15-. The van der Waals surface area contributed by atoms with Crippen molar-refractivity contribution in [1.82, 2.24) is 10.6 Å². The van der Waals surface area contributed by atoms with E-state index in [1.54, 1.807) is 25.3 Å². The fourth-order valence-corrected chi connectivity index (χ4v) is 4.64. The number of benzene rings is 2. The van der Waals surface area contributed by atoms with Crippen molar-refractivity contribution < 1.29 is 19.1 Å². The van der Waals surface area contributed by atoms with Crippen LogP contribution in [0.25, 0.3) is 6.08 Å². The molecule has 1 aliphatic rings. The first-order chi connectivity index (χ1) is 16.2. The number of hydrogen-bond donors (Lipinski definition) is 2. The number of fused-ring (bicyclic) bond motifs is 1. The number of ether oxygens (including phenoxy) is 2. The van der Waals surface area contributed by atoms with Crippen LogP contribution in [0.2, 0.25) is 0 Å². The number of methoxy groups -OCH3 is 1. The monoisotopic (exact) mass is 476 g/mol. The molecule has 1 aliphatic heterocycles. The van der Waals surface area contributed by atoms with E-state index in [-0.39, 0.29) is 23.6 Å². The molecule has 0 radical (unpaired) electrons. The summed E-state index contributed by atoms with van der Waals surface area (Å²) in [5, 5.41) is 7.85. The third-order valence-electron chi connectivity index (χ3n) is 5.59. The molecule has 2 heterocycles. The molecule has 0 bridgehead atoms. The summed E-state index contributed by atoms with van der Waals surface area (Å²) in [6.45, 7) is 5.89. The van der Waals surface area contributed by atoms with Gasteiger partial charge in [-0.2, -0.15) is 0 Å². The summed E-state index contributed by atoms with van der Waals surface area (Å²) in [6, 6.07) is 16.4. The average molecular weight is 477 g/mol. The van der Waals surface area contributed by atoms with Gasteiger partial charge in [0.15, 0.2) is 0 Å². The Morgan fingerprint density at radius 2 is 1.97 bits per heavy atom. The van der Waals surface area contributed by atoms with Gasteiger partial charge in [-0.25, -0.2) is 0 Å². The van der Waals surface area contributed by atoms with E-state index in [9.17, 15) is 9.59 Å². The summed E-state index contributed by atoms with van der Waals surface area (Å²) in [4.78, 5) is 27.3. The van der Waals surface area contributed by atoms with Crippen LogP contribution in [0.15, 0.2) is 65.7 Å². The van der Waals surface area contributed by atoms with Crippen LogP contribution in [-0.2, 0) is 4.79 Å². The van der Waals surface area contributed by atoms with Crippen molar-refractivity contribution in [3.8, 4) is 11.5 Å². The van der Waals surface area contributed by atoms with Gasteiger partial charge in [0.1, 0.15) is 22.8 Å². The van der Waals surface area contributed by atoms with Crippen molar-refractivity contribution in [2.24, 2.45) is 0 Å². The van der Waals surface area contributed by atoms with Crippen molar-refractivity contribution in [1.29, 1.82) is 0 Å². The number of rotatable bonds is 6. The van der Waals surface area contributed by atoms with Crippen LogP contribution in [0, 0.1) is 6.92 Å². The third kappa shape index (κ3) is 5.48. The molecule has 3 aromatic rings. The minimum absolute atomic E-state index is 0.188. The summed E-state index contributed by atoms with van der Waals surface area (Å²) in [5.74, 6) is 0.664. The van der Waals surface area contributed by atoms with Gasteiger partial charge in [0.2, 0.25) is 0 Å². The SMILES string of the molecule is COc1ccc2c(c1)OC(C)(C)CC2NC(=O)/C(=C/c1cccs1)NC(=O)c1cccc(C)c1. The molecule has 1 unspecified atom stereocenters. The van der Waals surface area contributed by atoms with Gasteiger partial charge in [-0.1, -0.05) is 23.8 Å². The van der Waals surface area contributed by atoms with Crippen LogP contribution < -0.4 is 20.1 Å². The molecule has 0 saturated carbocycles. The molecule has 6 nitrogen and oxygen atoms in total. The van der Waals surface area contributed by atoms with Crippen molar-refractivity contribution in [2.45, 2.75) is 38.8 Å². The topological polar surface area (TPSA) is 76.7 Å². The molecule has 2 N–H and O–H groups in total. The number of aryl methyl sites for hydroxylation is 1. The maximum absolute atomic E-state index is 13.5. The largest absolute Gasteiger partial charge is 0.497 e. The molecule has 1 aromatic heterocycles. The zero-order valence-corrected chi connectivity index (χ0v) is 20.5. The van der Waals surface area contributed by atoms with Crippen LogP contribution in [0.5, 0.6) is 11.5 Å². The lowest BCUT2D eigenvalue weighted by Gasteiger charge is -2.38. The highest BCUT2D eigenvalue weighted by molar-refractivity contribution is 7.10. The number of carbonyl (C=O) groups is 2. The van der Waals surface area contributed by atoms with Gasteiger partial charge in [0.05, 0.1) is 13.2 Å². The van der Waals surface area contributed by atoms with Crippen LogP contribution in [0.4, 0.5) is 0 Å². The lowest BCUT2D eigenvalue weighted by atomic mass is 9.89. The molecular formula is C27H28N2O4S. The van der Waals surface area contributed by atoms with Crippen molar-refractivity contribution in [3.05, 3.63) is 87.2 Å². The van der Waals surface area contributed by atoms with E-state index in [1.165, 1.54) is 11.3 Å². The lowest BCUT2D eigenvalue weighted by molar-refractivity contribution is -0.119. The van der Waals surface area contributed by atoms with E-state index >= 15 is 0 Å². The van der Waals surface area contributed by atoms with E-state index in [4.69, 9.17) is 9.47 Å². The zero-order chi connectivity index (χ0) is 24.3. The van der Waals surface area contributed by atoms with E-state index < -0.39 is 5.60 Å². The summed E-state index contributed by atoms with van der Waals surface area (Å²) < 4.78 is 11.5. The number of nitrogens with one attached hydrogen (secondary N) is 2. The number of hydrogen-bond acceptors (Lipinski definition) is 5. The quantitative estimate of drug-likeness (QED) is 0.476. The first kappa shape index (κ1) is 23.6. The fraction of sp³-hybridized carbons (Fsp3) is 0.259. The summed E-state index contributed by atoms with van der Waals surface area (Å²) in [6.07, 6.45) is 2.28. The first-order valence-electron chi connectivity index (χ1n) is 11.0. The maximum atomic E-state index is 13.5. The Hall–Kier alpha value is -3.58. The first-order valence-corrected chi connectivity index (χ1v) is 11.9. The minimum Gasteiger partial charge on any atom is -0.497 e. The van der Waals surface area contributed by atoms with Crippen LogP contribution >= 0.6 is 11.3 Å². The van der Waals surface area contributed by atoms with Crippen LogP contribution in [0.1, 0.15) is 52.7 Å². The molecule has 176 valence electrons. The Morgan fingerprint density at radius 3 is 2.68 bits per heavy atom. The molecule has 2 amide bonds. The second-order valence-corrected chi connectivity index (χ2v) is 9.87. The predicted octanol–water partition coefficient (Wildman–Crippen LogP) is 5.25. The van der Waals surface area contributed by atoms with Gasteiger partial charge in [-0.05, 0) is 62.6 Å². The van der Waals surface area contributed by atoms with Crippen molar-refractivity contribution in [3.63, 3.8) is 0 Å². The highest BCUT2D eigenvalue weighted by atomic mass is 32.1. The highest BCUT2D eigenvalue weighted by Crippen LogP contribution is 2.41. The molecule has 1 atom stereocenters. The average Bonchev–Trinajstić information content (AvgIpc) is 3.30. The summed E-state index contributed by atoms with van der Waals surface area (Å²) in [7, 11) is 1.60. The van der Waals surface area contributed by atoms with Gasteiger partial charge < -0.3 is 20.1 Å². The highest BCUT2D eigenvalue weighted by Gasteiger charge is 2.35. The second-order valence-electron chi connectivity index (χ2n) is 8.89. The lowest BCUT2D eigenvalue weighted by Crippen LogP contribution is -2.43. The van der Waals surface area contributed by atoms with Gasteiger partial charge in [-0.3, -0.25) is 9.59 Å². The fourth-order valence-electron chi connectivity index (χ4n) is 3.98. The summed E-state index contributed by atoms with van der Waals surface area (Å²) in [5.41, 5.74) is 2.04. The number of carbonyl (C=O) groups excluding carboxylic acids is 2. The van der Waals surface area contributed by atoms with Crippen molar-refractivity contribution in [2.75, 3.05) is 7.11 Å².